The third-order valence-electron chi connectivity index (χ3n) is 4.72. The molecule has 18 heavy (non-hydrogen) atoms. The second-order valence-electron chi connectivity index (χ2n) is 6.90. The summed E-state index contributed by atoms with van der Waals surface area (Å²) in [5, 5.41) is 9.64. The first-order valence-corrected chi connectivity index (χ1v) is 7.64. The molecule has 0 bridgehead atoms. The maximum absolute atomic E-state index is 9.64. The Morgan fingerprint density at radius 3 is 2.17 bits per heavy atom. The van der Waals surface area contributed by atoms with Crippen molar-refractivity contribution in [3.05, 3.63) is 0 Å². The zero-order valence-corrected chi connectivity index (χ0v) is 12.0. The van der Waals surface area contributed by atoms with Crippen molar-refractivity contribution in [2.45, 2.75) is 89.8 Å². The van der Waals surface area contributed by atoms with Gasteiger partial charge in [0.15, 0.2) is 0 Å². The standard InChI is InChI=1S/C16H27NO/c1-15(2)11-8-14(18-15)12-16(13-17)9-6-4-3-5-7-10-16/h14H,3-12H2,1-2H3. The first-order valence-electron chi connectivity index (χ1n) is 7.64. The van der Waals surface area contributed by atoms with Crippen LogP contribution in [-0.2, 0) is 4.74 Å². The molecule has 1 unspecified atom stereocenters. The minimum atomic E-state index is -0.0918. The molecule has 2 nitrogen and oxygen atoms in total. The number of hydrogen-bond donors (Lipinski definition) is 0. The summed E-state index contributed by atoms with van der Waals surface area (Å²) in [6.07, 6.45) is 12.2. The molecule has 0 amide bonds. The van der Waals surface area contributed by atoms with Crippen LogP contribution >= 0.6 is 0 Å². The minimum Gasteiger partial charge on any atom is -0.372 e. The Hall–Kier alpha value is -0.550. The van der Waals surface area contributed by atoms with Gasteiger partial charge in [-0.1, -0.05) is 32.1 Å². The number of nitriles is 1. The lowest BCUT2D eigenvalue weighted by molar-refractivity contribution is -0.0322. The molecule has 1 aliphatic heterocycles. The van der Waals surface area contributed by atoms with E-state index >= 15 is 0 Å². The van der Waals surface area contributed by atoms with Crippen molar-refractivity contribution in [1.29, 1.82) is 5.26 Å². The highest BCUT2D eigenvalue weighted by Gasteiger charge is 2.39. The Balaban J connectivity index is 1.97. The van der Waals surface area contributed by atoms with Gasteiger partial charge in [-0.25, -0.2) is 0 Å². The van der Waals surface area contributed by atoms with E-state index in [1.807, 2.05) is 0 Å². The van der Waals surface area contributed by atoms with Crippen LogP contribution in [0.15, 0.2) is 0 Å². The predicted octanol–water partition coefficient (Wildman–Crippen LogP) is 4.59. The minimum absolute atomic E-state index is 0.0307. The van der Waals surface area contributed by atoms with Crippen LogP contribution in [0.2, 0.25) is 0 Å². The Bertz CT molecular complexity index is 308. The molecule has 0 aromatic rings. The van der Waals surface area contributed by atoms with Gasteiger partial charge in [-0.05, 0) is 46.0 Å². The van der Waals surface area contributed by atoms with Crippen LogP contribution in [0.5, 0.6) is 0 Å². The number of ether oxygens (including phenoxy) is 1. The van der Waals surface area contributed by atoms with Gasteiger partial charge in [0.05, 0.1) is 23.2 Å². The Kier molecular flexibility index (Phi) is 4.33. The van der Waals surface area contributed by atoms with Crippen molar-refractivity contribution in [2.75, 3.05) is 0 Å². The average Bonchev–Trinajstić information content (AvgIpc) is 2.62. The average molecular weight is 249 g/mol. The molecule has 1 saturated heterocycles. The molecule has 0 N–H and O–H groups in total. The first-order chi connectivity index (χ1) is 8.55. The monoisotopic (exact) mass is 249 g/mol. The zero-order valence-electron chi connectivity index (χ0n) is 12.0. The predicted molar refractivity (Wildman–Crippen MR) is 73.2 cm³/mol. The van der Waals surface area contributed by atoms with Crippen LogP contribution in [0.4, 0.5) is 0 Å². The van der Waals surface area contributed by atoms with Gasteiger partial charge >= 0.3 is 0 Å². The molecule has 1 heterocycles. The molecule has 0 aromatic carbocycles. The van der Waals surface area contributed by atoms with E-state index in [2.05, 4.69) is 19.9 Å². The molecule has 2 fully saturated rings. The van der Waals surface area contributed by atoms with Crippen LogP contribution in [0.1, 0.15) is 78.1 Å². The van der Waals surface area contributed by atoms with Crippen LogP contribution in [0.25, 0.3) is 0 Å². The third kappa shape index (κ3) is 3.48. The number of rotatable bonds is 2. The SMILES string of the molecule is CC1(C)CCC(CC2(C#N)CCCCCCC2)O1. The molecular weight excluding hydrogens is 222 g/mol. The fraction of sp³-hybridized carbons (Fsp3) is 0.938. The second kappa shape index (κ2) is 5.61. The summed E-state index contributed by atoms with van der Waals surface area (Å²) in [6, 6.07) is 2.66. The van der Waals surface area contributed by atoms with E-state index in [0.29, 0.717) is 6.10 Å². The molecule has 0 radical (unpaired) electrons. The van der Waals surface area contributed by atoms with Gasteiger partial charge in [0, 0.05) is 0 Å². The quantitative estimate of drug-likeness (QED) is 0.717. The summed E-state index contributed by atoms with van der Waals surface area (Å²) in [4.78, 5) is 0. The molecule has 1 atom stereocenters. The van der Waals surface area contributed by atoms with Crippen LogP contribution in [0.3, 0.4) is 0 Å². The summed E-state index contributed by atoms with van der Waals surface area (Å²) < 4.78 is 6.10. The second-order valence-corrected chi connectivity index (χ2v) is 6.90. The fourth-order valence-corrected chi connectivity index (χ4v) is 3.60. The highest BCUT2D eigenvalue weighted by Crippen LogP contribution is 2.42. The smallest absolute Gasteiger partial charge is 0.0690 e. The van der Waals surface area contributed by atoms with Gasteiger partial charge in [-0.2, -0.15) is 5.26 Å². The fourth-order valence-electron chi connectivity index (χ4n) is 3.60. The molecule has 0 spiro atoms. The lowest BCUT2D eigenvalue weighted by atomic mass is 9.73. The topological polar surface area (TPSA) is 33.0 Å². The highest BCUT2D eigenvalue weighted by molar-refractivity contribution is 5.01. The molecule has 2 heteroatoms. The molecular formula is C16H27NO. The number of nitrogens with zero attached hydrogens (tertiary/aromatic N) is 1. The van der Waals surface area contributed by atoms with Crippen LogP contribution < -0.4 is 0 Å². The van der Waals surface area contributed by atoms with Crippen molar-refractivity contribution in [1.82, 2.24) is 0 Å². The van der Waals surface area contributed by atoms with Gasteiger partial charge < -0.3 is 4.74 Å². The molecule has 1 aliphatic carbocycles. The largest absolute Gasteiger partial charge is 0.372 e. The van der Waals surface area contributed by atoms with Crippen molar-refractivity contribution in [3.8, 4) is 6.07 Å². The van der Waals surface area contributed by atoms with Gasteiger partial charge in [0.1, 0.15) is 0 Å². The van der Waals surface area contributed by atoms with E-state index < -0.39 is 0 Å². The molecule has 2 rings (SSSR count). The lowest BCUT2D eigenvalue weighted by Crippen LogP contribution is -2.28. The Morgan fingerprint density at radius 2 is 1.67 bits per heavy atom. The first kappa shape index (κ1) is 13.9. The molecule has 1 saturated carbocycles. The van der Waals surface area contributed by atoms with Crippen molar-refractivity contribution in [3.63, 3.8) is 0 Å². The summed E-state index contributed by atoms with van der Waals surface area (Å²) in [7, 11) is 0. The van der Waals surface area contributed by atoms with Gasteiger partial charge in [0.25, 0.3) is 0 Å². The van der Waals surface area contributed by atoms with E-state index in [1.54, 1.807) is 0 Å². The maximum Gasteiger partial charge on any atom is 0.0690 e. The Morgan fingerprint density at radius 1 is 1.06 bits per heavy atom. The molecule has 0 aromatic heterocycles. The molecule has 2 aliphatic rings. The summed E-state index contributed by atoms with van der Waals surface area (Å²) in [5.74, 6) is 0. The Labute approximate surface area is 112 Å². The molecule has 102 valence electrons. The van der Waals surface area contributed by atoms with E-state index in [0.717, 1.165) is 32.1 Å². The lowest BCUT2D eigenvalue weighted by Gasteiger charge is -2.31. The highest BCUT2D eigenvalue weighted by atomic mass is 16.5. The maximum atomic E-state index is 9.64. The summed E-state index contributed by atoms with van der Waals surface area (Å²) in [6.45, 7) is 4.34. The van der Waals surface area contributed by atoms with E-state index in [-0.39, 0.29) is 11.0 Å². The van der Waals surface area contributed by atoms with Crippen molar-refractivity contribution in [2.24, 2.45) is 5.41 Å². The summed E-state index contributed by atoms with van der Waals surface area (Å²) >= 11 is 0. The van der Waals surface area contributed by atoms with E-state index in [4.69, 9.17) is 4.74 Å². The van der Waals surface area contributed by atoms with Gasteiger partial charge in [-0.3, -0.25) is 0 Å². The third-order valence-corrected chi connectivity index (χ3v) is 4.72. The van der Waals surface area contributed by atoms with E-state index in [9.17, 15) is 5.26 Å². The van der Waals surface area contributed by atoms with Crippen LogP contribution in [0, 0.1) is 16.7 Å². The van der Waals surface area contributed by atoms with Gasteiger partial charge in [0.2, 0.25) is 0 Å². The normalized spacial score (nSPS) is 31.3. The summed E-state index contributed by atoms with van der Waals surface area (Å²) in [5.41, 5.74) is -0.0611. The van der Waals surface area contributed by atoms with Crippen LogP contribution in [-0.4, -0.2) is 11.7 Å². The van der Waals surface area contributed by atoms with E-state index in [1.165, 1.54) is 32.1 Å². The van der Waals surface area contributed by atoms with Crippen molar-refractivity contribution >= 4 is 0 Å². The number of hydrogen-bond acceptors (Lipinski definition) is 2. The zero-order chi connectivity index (χ0) is 13.1. The van der Waals surface area contributed by atoms with Gasteiger partial charge in [-0.15, -0.1) is 0 Å². The van der Waals surface area contributed by atoms with Crippen molar-refractivity contribution < 1.29 is 4.74 Å².